The summed E-state index contributed by atoms with van der Waals surface area (Å²) >= 11 is 0. The number of halogens is 2. The number of para-hydroxylation sites is 1. The zero-order valence-corrected chi connectivity index (χ0v) is 15.1. The third-order valence-electron chi connectivity index (χ3n) is 4.01. The summed E-state index contributed by atoms with van der Waals surface area (Å²) in [6, 6.07) is 8.96. The topological polar surface area (TPSA) is 47.6 Å². The van der Waals surface area contributed by atoms with Crippen molar-refractivity contribution in [2.75, 3.05) is 13.2 Å². The Balaban J connectivity index is 1.52. The van der Waals surface area contributed by atoms with Gasteiger partial charge >= 0.3 is 0 Å². The number of hydrogen-bond acceptors (Lipinski definition) is 3. The summed E-state index contributed by atoms with van der Waals surface area (Å²) in [6.07, 6.45) is 0.809. The molecule has 0 atom stereocenters. The first-order valence-electron chi connectivity index (χ1n) is 8.49. The average molecular weight is 371 g/mol. The van der Waals surface area contributed by atoms with E-state index in [4.69, 9.17) is 9.47 Å². The number of amides is 1. The van der Waals surface area contributed by atoms with Crippen molar-refractivity contribution in [1.82, 2.24) is 5.32 Å². The second-order valence-corrected chi connectivity index (χ2v) is 6.70. The van der Waals surface area contributed by atoms with Crippen molar-refractivity contribution in [3.63, 3.8) is 0 Å². The van der Waals surface area contributed by atoms with E-state index < -0.39 is 23.1 Å². The van der Waals surface area contributed by atoms with Gasteiger partial charge in [-0.3, -0.25) is 4.79 Å². The molecular formula is C21H19F2NO3. The molecule has 1 N–H and O–H groups in total. The number of carbonyl (C=O) groups excluding carboxylic acids is 1. The van der Waals surface area contributed by atoms with E-state index in [2.05, 4.69) is 17.2 Å². The summed E-state index contributed by atoms with van der Waals surface area (Å²) in [7, 11) is 0. The molecule has 1 aliphatic heterocycles. The smallest absolute Gasteiger partial charge is 0.258 e. The second-order valence-electron chi connectivity index (χ2n) is 6.70. The lowest BCUT2D eigenvalue weighted by molar-refractivity contribution is 0.0950. The maximum absolute atomic E-state index is 13.5. The van der Waals surface area contributed by atoms with E-state index in [-0.39, 0.29) is 18.8 Å². The van der Waals surface area contributed by atoms with E-state index in [1.807, 2.05) is 32.0 Å². The van der Waals surface area contributed by atoms with Crippen molar-refractivity contribution in [2.24, 2.45) is 0 Å². The van der Waals surface area contributed by atoms with Crippen LogP contribution in [0.2, 0.25) is 0 Å². The molecule has 0 bridgehead atoms. The number of benzene rings is 2. The molecular weight excluding hydrogens is 352 g/mol. The van der Waals surface area contributed by atoms with Crippen LogP contribution in [0.1, 0.15) is 29.8 Å². The normalized spacial score (nSPS) is 13.8. The minimum absolute atomic E-state index is 0.0492. The molecule has 0 fully saturated rings. The Morgan fingerprint density at radius 3 is 2.63 bits per heavy atom. The molecule has 0 aliphatic carbocycles. The minimum atomic E-state index is -0.912. The largest absolute Gasteiger partial charge is 0.483 e. The highest BCUT2D eigenvalue weighted by Gasteiger charge is 2.32. The molecule has 0 aromatic heterocycles. The first-order chi connectivity index (χ1) is 12.9. The van der Waals surface area contributed by atoms with Crippen LogP contribution in [0.15, 0.2) is 36.4 Å². The number of rotatable bonds is 4. The summed E-state index contributed by atoms with van der Waals surface area (Å²) < 4.78 is 38.6. The van der Waals surface area contributed by atoms with Gasteiger partial charge in [-0.05, 0) is 32.0 Å². The highest BCUT2D eigenvalue weighted by molar-refractivity contribution is 5.94. The maximum atomic E-state index is 13.5. The Kier molecular flexibility index (Phi) is 5.31. The van der Waals surface area contributed by atoms with Gasteiger partial charge < -0.3 is 14.8 Å². The van der Waals surface area contributed by atoms with Crippen LogP contribution in [0.25, 0.3) is 0 Å². The zero-order chi connectivity index (χ0) is 19.4. The van der Waals surface area contributed by atoms with Crippen LogP contribution >= 0.6 is 0 Å². The highest BCUT2D eigenvalue weighted by Crippen LogP contribution is 2.41. The molecule has 140 valence electrons. The van der Waals surface area contributed by atoms with E-state index in [9.17, 15) is 13.6 Å². The molecule has 3 rings (SSSR count). The lowest BCUT2D eigenvalue weighted by Gasteiger charge is -2.17. The van der Waals surface area contributed by atoms with Gasteiger partial charge in [-0.15, -0.1) is 0 Å². The fourth-order valence-electron chi connectivity index (χ4n) is 2.86. The van der Waals surface area contributed by atoms with Crippen LogP contribution in [-0.2, 0) is 6.42 Å². The Morgan fingerprint density at radius 1 is 1.19 bits per heavy atom. The molecule has 4 nitrogen and oxygen atoms in total. The summed E-state index contributed by atoms with van der Waals surface area (Å²) in [5.74, 6) is 4.11. The highest BCUT2D eigenvalue weighted by atomic mass is 19.1. The van der Waals surface area contributed by atoms with Crippen LogP contribution in [0.5, 0.6) is 11.5 Å². The van der Waals surface area contributed by atoms with Gasteiger partial charge in [-0.25, -0.2) is 8.78 Å². The molecule has 6 heteroatoms. The number of carbonyl (C=O) groups is 1. The van der Waals surface area contributed by atoms with E-state index in [0.29, 0.717) is 5.75 Å². The Morgan fingerprint density at radius 2 is 1.89 bits per heavy atom. The second kappa shape index (κ2) is 7.67. The first-order valence-corrected chi connectivity index (χ1v) is 8.49. The summed E-state index contributed by atoms with van der Waals surface area (Å²) in [6.45, 7) is 4.08. The van der Waals surface area contributed by atoms with Crippen molar-refractivity contribution in [1.29, 1.82) is 0 Å². The van der Waals surface area contributed by atoms with Gasteiger partial charge in [-0.2, -0.15) is 0 Å². The quantitative estimate of drug-likeness (QED) is 0.837. The average Bonchev–Trinajstić information content (AvgIpc) is 2.92. The molecule has 1 heterocycles. The fraction of sp³-hybridized carbons (Fsp3) is 0.286. The molecule has 1 aliphatic rings. The molecule has 1 amide bonds. The van der Waals surface area contributed by atoms with Gasteiger partial charge in [0.25, 0.3) is 5.91 Å². The molecule has 0 spiro atoms. The van der Waals surface area contributed by atoms with Gasteiger partial charge in [0.2, 0.25) is 0 Å². The molecule has 0 saturated heterocycles. The van der Waals surface area contributed by atoms with E-state index in [0.717, 1.165) is 29.9 Å². The first kappa shape index (κ1) is 18.7. The van der Waals surface area contributed by atoms with Gasteiger partial charge in [-0.1, -0.05) is 30.0 Å². The lowest BCUT2D eigenvalue weighted by Crippen LogP contribution is -2.25. The monoisotopic (exact) mass is 371 g/mol. The van der Waals surface area contributed by atoms with Crippen molar-refractivity contribution >= 4 is 5.91 Å². The third kappa shape index (κ3) is 4.37. The van der Waals surface area contributed by atoms with Crippen molar-refractivity contribution in [3.05, 3.63) is 59.2 Å². The Hall–Kier alpha value is -3.07. The molecule has 0 saturated carbocycles. The number of fused-ring (bicyclic) bond motifs is 1. The Bertz CT molecular complexity index is 909. The van der Waals surface area contributed by atoms with Gasteiger partial charge in [0.15, 0.2) is 11.5 Å². The van der Waals surface area contributed by atoms with E-state index in [1.54, 1.807) is 0 Å². The lowest BCUT2D eigenvalue weighted by atomic mass is 10.0. The third-order valence-corrected chi connectivity index (χ3v) is 4.01. The fourth-order valence-corrected chi connectivity index (χ4v) is 2.86. The van der Waals surface area contributed by atoms with Gasteiger partial charge in [0.1, 0.15) is 29.4 Å². The molecule has 2 aromatic rings. The predicted octanol–water partition coefficient (Wildman–Crippen LogP) is 3.49. The van der Waals surface area contributed by atoms with Crippen LogP contribution in [0.4, 0.5) is 8.78 Å². The molecule has 2 aromatic carbocycles. The summed E-state index contributed by atoms with van der Waals surface area (Å²) in [5, 5.41) is 2.36. The number of nitrogens with one attached hydrogen (secondary N) is 1. The zero-order valence-electron chi connectivity index (χ0n) is 15.1. The van der Waals surface area contributed by atoms with Crippen LogP contribution in [0.3, 0.4) is 0 Å². The van der Waals surface area contributed by atoms with Crippen LogP contribution in [0, 0.1) is 23.5 Å². The van der Waals surface area contributed by atoms with Crippen molar-refractivity contribution in [2.45, 2.75) is 25.9 Å². The number of ether oxygens (including phenoxy) is 2. The SMILES string of the molecule is CC1(C)Cc2cccc(OCC#CCNC(=O)c3c(F)cccc3F)c2O1. The van der Waals surface area contributed by atoms with Crippen LogP contribution in [-0.4, -0.2) is 24.7 Å². The number of hydrogen-bond donors (Lipinski definition) is 1. The van der Waals surface area contributed by atoms with Crippen molar-refractivity contribution in [3.8, 4) is 23.3 Å². The van der Waals surface area contributed by atoms with E-state index >= 15 is 0 Å². The summed E-state index contributed by atoms with van der Waals surface area (Å²) in [4.78, 5) is 11.8. The Labute approximate surface area is 156 Å². The minimum Gasteiger partial charge on any atom is -0.483 e. The maximum Gasteiger partial charge on any atom is 0.258 e. The molecule has 0 radical (unpaired) electrons. The molecule has 27 heavy (non-hydrogen) atoms. The standard InChI is InChI=1S/C21H19F2NO3/c1-21(2)13-14-7-5-10-17(19(14)27-21)26-12-4-3-11-24-20(25)18-15(22)8-6-9-16(18)23/h5-10H,11-13H2,1-2H3,(H,24,25). The summed E-state index contributed by atoms with van der Waals surface area (Å²) in [5.41, 5.74) is 0.208. The van der Waals surface area contributed by atoms with Gasteiger partial charge in [0, 0.05) is 12.0 Å². The van der Waals surface area contributed by atoms with Crippen LogP contribution < -0.4 is 14.8 Å². The van der Waals surface area contributed by atoms with E-state index in [1.165, 1.54) is 6.07 Å². The predicted molar refractivity (Wildman–Crippen MR) is 96.8 cm³/mol. The van der Waals surface area contributed by atoms with Gasteiger partial charge in [0.05, 0.1) is 6.54 Å². The molecule has 0 unspecified atom stereocenters. The van der Waals surface area contributed by atoms with Crippen molar-refractivity contribution < 1.29 is 23.0 Å².